The third-order valence-electron chi connectivity index (χ3n) is 3.19. The van der Waals surface area contributed by atoms with Gasteiger partial charge in [-0.15, -0.1) is 0 Å². The number of hydrogen-bond acceptors (Lipinski definition) is 9. The van der Waals surface area contributed by atoms with Crippen molar-refractivity contribution in [3.8, 4) is 0 Å². The minimum Gasteiger partial charge on any atom is -0.545 e. The average Bonchev–Trinajstić information content (AvgIpc) is 2.46. The lowest BCUT2D eigenvalue weighted by molar-refractivity contribution is -0.302. The summed E-state index contributed by atoms with van der Waals surface area (Å²) in [4.78, 5) is 57.1. The monoisotopic (exact) mass is 457 g/mol. The lowest BCUT2D eigenvalue weighted by atomic mass is 9.92. The van der Waals surface area contributed by atoms with Crippen molar-refractivity contribution in [2.45, 2.75) is 36.9 Å². The van der Waals surface area contributed by atoms with Crippen molar-refractivity contribution >= 4 is 27.6 Å². The van der Waals surface area contributed by atoms with Gasteiger partial charge < -0.3 is 44.4 Å². The second kappa shape index (κ2) is 8.59. The highest BCUT2D eigenvalue weighted by molar-refractivity contribution is 7.46. The molecule has 14 nitrogen and oxygen atoms in total. The highest BCUT2D eigenvalue weighted by Gasteiger charge is 2.58. The number of ether oxygens (including phenoxy) is 1. The van der Waals surface area contributed by atoms with E-state index in [2.05, 4.69) is 13.8 Å². The Hall–Kier alpha value is -1.32. The van der Waals surface area contributed by atoms with Gasteiger partial charge >= 0.3 is 33.8 Å². The van der Waals surface area contributed by atoms with Gasteiger partial charge in [0.15, 0.2) is 0 Å². The van der Waals surface area contributed by atoms with Crippen LogP contribution in [-0.4, -0.2) is 72.2 Å². The van der Waals surface area contributed by atoms with Crippen LogP contribution in [0.25, 0.3) is 0 Å². The summed E-state index contributed by atoms with van der Waals surface area (Å²) in [7, 11) is -11.3. The topological polar surface area (TPSA) is 240 Å². The van der Waals surface area contributed by atoms with E-state index in [1.165, 1.54) is 0 Å². The Morgan fingerprint density at radius 3 is 2.11 bits per heavy atom. The smallest absolute Gasteiger partial charge is 0.472 e. The number of phosphoric ester groups is 2. The summed E-state index contributed by atoms with van der Waals surface area (Å²) in [6, 6.07) is 0. The van der Waals surface area contributed by atoms with Crippen molar-refractivity contribution in [3.05, 3.63) is 11.6 Å². The van der Waals surface area contributed by atoms with E-state index in [0.29, 0.717) is 6.08 Å². The molecule has 1 aliphatic carbocycles. The molecule has 0 aromatic carbocycles. The van der Waals surface area contributed by atoms with Crippen LogP contribution in [0.3, 0.4) is 0 Å². The maximum Gasteiger partial charge on any atom is 0.472 e. The van der Waals surface area contributed by atoms with E-state index < -0.39 is 70.1 Å². The first-order valence-corrected chi connectivity index (χ1v) is 9.84. The molecule has 0 radical (unpaired) electrons. The van der Waals surface area contributed by atoms with Crippen LogP contribution in [-0.2, 0) is 32.5 Å². The molecular weight excluding hydrogens is 444 g/mol. The predicted octanol–water partition coefficient (Wildman–Crippen LogP) is -2.55. The summed E-state index contributed by atoms with van der Waals surface area (Å²) >= 11 is 0. The number of rotatable bonds is 9. The Morgan fingerprint density at radius 1 is 1.21 bits per heavy atom. The van der Waals surface area contributed by atoms with E-state index in [0.717, 1.165) is 0 Å². The molecule has 6 N–H and O–H groups in total. The van der Waals surface area contributed by atoms with Crippen molar-refractivity contribution in [2.24, 2.45) is 0 Å². The lowest BCUT2D eigenvalue weighted by Gasteiger charge is -2.38. The first kappa shape index (κ1) is 24.7. The Balaban J connectivity index is 3.36. The van der Waals surface area contributed by atoms with E-state index >= 15 is 0 Å². The van der Waals surface area contributed by atoms with E-state index in [4.69, 9.17) is 24.7 Å². The van der Waals surface area contributed by atoms with Gasteiger partial charge in [0.2, 0.25) is 0 Å². The van der Waals surface area contributed by atoms with Crippen LogP contribution in [0.5, 0.6) is 0 Å². The third-order valence-corrected chi connectivity index (χ3v) is 4.22. The van der Waals surface area contributed by atoms with Crippen molar-refractivity contribution in [1.29, 1.82) is 0 Å². The van der Waals surface area contributed by atoms with Crippen molar-refractivity contribution in [3.63, 3.8) is 0 Å². The molecule has 0 fully saturated rings. The van der Waals surface area contributed by atoms with Gasteiger partial charge in [-0.1, -0.05) is 0 Å². The molecular formula is C10H13F2O14P2-. The Labute approximate surface area is 153 Å². The fourth-order valence-corrected chi connectivity index (χ4v) is 3.18. The highest BCUT2D eigenvalue weighted by atomic mass is 31.2. The van der Waals surface area contributed by atoms with Gasteiger partial charge in [-0.25, -0.2) is 27.2 Å². The summed E-state index contributed by atoms with van der Waals surface area (Å²) in [6.07, 6.45) is -11.8. The Kier molecular flexibility index (Phi) is 7.58. The Morgan fingerprint density at radius 2 is 1.75 bits per heavy atom. The first-order chi connectivity index (χ1) is 12.5. The Bertz CT molecular complexity index is 742. The van der Waals surface area contributed by atoms with E-state index in [1.807, 2.05) is 0 Å². The summed E-state index contributed by atoms with van der Waals surface area (Å²) in [5, 5.41) is 29.9. The number of phosphoric acid groups is 2. The van der Waals surface area contributed by atoms with Crippen LogP contribution >= 0.6 is 15.6 Å². The summed E-state index contributed by atoms with van der Waals surface area (Å²) < 4.78 is 60.3. The normalized spacial score (nSPS) is 25.9. The maximum atomic E-state index is 13.3. The summed E-state index contributed by atoms with van der Waals surface area (Å²) in [6.45, 7) is 0. The number of carboxylic acid groups (broad SMARTS) is 2. The number of carbonyl (C=O) groups excluding carboxylic acids is 1. The molecule has 0 aliphatic heterocycles. The summed E-state index contributed by atoms with van der Waals surface area (Å²) in [5.41, 5.74) is -0.904. The van der Waals surface area contributed by atoms with Crippen LogP contribution in [0.2, 0.25) is 0 Å². The molecule has 4 atom stereocenters. The quantitative estimate of drug-likeness (QED) is 0.154. The van der Waals surface area contributed by atoms with Gasteiger partial charge in [0.05, 0.1) is 12.1 Å². The molecule has 0 unspecified atom stereocenters. The van der Waals surface area contributed by atoms with Crippen LogP contribution in [0.15, 0.2) is 11.6 Å². The molecule has 28 heavy (non-hydrogen) atoms. The average molecular weight is 457 g/mol. The number of aliphatic hydroxyl groups excluding tert-OH is 1. The molecule has 0 saturated heterocycles. The van der Waals surface area contributed by atoms with Gasteiger partial charge in [-0.3, -0.25) is 4.52 Å². The van der Waals surface area contributed by atoms with Gasteiger partial charge in [-0.05, 0) is 11.6 Å². The van der Waals surface area contributed by atoms with E-state index in [-0.39, 0.29) is 0 Å². The van der Waals surface area contributed by atoms with Gasteiger partial charge in [-0.2, -0.15) is 0 Å². The van der Waals surface area contributed by atoms with Crippen LogP contribution in [0.1, 0.15) is 6.42 Å². The van der Waals surface area contributed by atoms with Gasteiger partial charge in [0.25, 0.3) is 0 Å². The fraction of sp³-hybridized carbons (Fsp3) is 0.600. The number of aliphatic hydroxyl groups is 1. The molecule has 0 spiro atoms. The fourth-order valence-electron chi connectivity index (χ4n) is 2.13. The zero-order valence-corrected chi connectivity index (χ0v) is 15.0. The zero-order chi connectivity index (χ0) is 22.1. The van der Waals surface area contributed by atoms with Crippen LogP contribution in [0.4, 0.5) is 8.78 Å². The van der Waals surface area contributed by atoms with E-state index in [1.54, 1.807) is 0 Å². The molecule has 1 rings (SSSR count). The number of carboxylic acids is 2. The molecule has 162 valence electrons. The molecule has 0 aromatic rings. The second-order valence-corrected chi connectivity index (χ2v) is 7.60. The third kappa shape index (κ3) is 6.35. The standard InChI is InChI=1S/C10H14F2O14P2/c11-8(12)10(9(16)17,26-28(21,22)23)24-4-1-3(7(14)15)2-5(6(4)13)25-27(18,19)20/h2,4-6,8,13H,1H2,(H,14,15)(H,16,17)(H2,18,19,20)(H2,21,22,23)/p-1/t4-,5-,6+,10-/m1/s1. The molecule has 0 saturated carbocycles. The number of alkyl halides is 2. The SMILES string of the molecule is O=C([O-])C1=C[C@@H](OP(=O)(O)O)[C@@H](O)[C@H](O[C@](OP(=O)(O)O)(C(=O)O)C(F)F)C1. The second-order valence-electron chi connectivity index (χ2n) is 5.25. The molecule has 0 amide bonds. The molecule has 0 bridgehead atoms. The van der Waals surface area contributed by atoms with Gasteiger partial charge in [0, 0.05) is 6.42 Å². The zero-order valence-electron chi connectivity index (χ0n) is 13.2. The van der Waals surface area contributed by atoms with Gasteiger partial charge in [0.1, 0.15) is 12.2 Å². The van der Waals surface area contributed by atoms with Crippen molar-refractivity contribution in [2.75, 3.05) is 0 Å². The maximum absolute atomic E-state index is 13.3. The molecule has 18 heteroatoms. The predicted molar refractivity (Wildman–Crippen MR) is 75.0 cm³/mol. The number of hydrogen-bond donors (Lipinski definition) is 6. The van der Waals surface area contributed by atoms with Crippen molar-refractivity contribution < 1.29 is 76.2 Å². The number of halogens is 2. The minimum atomic E-state index is -5.93. The molecule has 0 heterocycles. The minimum absolute atomic E-state index is 0.452. The first-order valence-electron chi connectivity index (χ1n) is 6.78. The summed E-state index contributed by atoms with van der Waals surface area (Å²) in [5.74, 6) is -9.14. The van der Waals surface area contributed by atoms with E-state index in [9.17, 15) is 37.7 Å². The van der Waals surface area contributed by atoms with Crippen molar-refractivity contribution in [1.82, 2.24) is 0 Å². The van der Waals surface area contributed by atoms with Crippen LogP contribution in [0, 0.1) is 0 Å². The number of aliphatic carboxylic acids is 2. The largest absolute Gasteiger partial charge is 0.545 e. The highest BCUT2D eigenvalue weighted by Crippen LogP contribution is 2.46. The molecule has 0 aromatic heterocycles. The molecule has 1 aliphatic rings. The van der Waals surface area contributed by atoms with Crippen LogP contribution < -0.4 is 5.11 Å². The lowest BCUT2D eigenvalue weighted by Crippen LogP contribution is -2.56. The number of carbonyl (C=O) groups is 2.